The van der Waals surface area contributed by atoms with Gasteiger partial charge in [-0.15, -0.1) is 0 Å². The fourth-order valence-electron chi connectivity index (χ4n) is 2.38. The molecular formula is C21H36O12. The number of rotatable bonds is 20. The second kappa shape index (κ2) is 19.2. The van der Waals surface area contributed by atoms with Gasteiger partial charge in [-0.1, -0.05) is 0 Å². The fraction of sp³-hybridized carbons (Fsp3) is 0.810. The topological polar surface area (TPSA) is 142 Å². The Balaban J connectivity index is 4.94. The molecule has 0 aliphatic rings. The molecule has 33 heavy (non-hydrogen) atoms. The van der Waals surface area contributed by atoms with E-state index in [2.05, 4.69) is 0 Å². The monoisotopic (exact) mass is 480 g/mol. The summed E-state index contributed by atoms with van der Waals surface area (Å²) in [5.41, 5.74) is -0.793. The molecule has 0 saturated heterocycles. The highest BCUT2D eigenvalue weighted by molar-refractivity contribution is 5.66. The summed E-state index contributed by atoms with van der Waals surface area (Å²) in [6, 6.07) is 0. The van der Waals surface area contributed by atoms with Crippen molar-refractivity contribution in [2.45, 2.75) is 27.7 Å². The first-order valence-corrected chi connectivity index (χ1v) is 10.5. The standard InChI is InChI=1S/C21H36O12/c1-17(22)30-9-5-26-13-21(14-27-6-10-31-18(2)23,15-28-7-11-32-19(3)24)16-29-8-12-33-20(4)25/h5-16H2,1-4H3. The van der Waals surface area contributed by atoms with Gasteiger partial charge in [0.25, 0.3) is 0 Å². The summed E-state index contributed by atoms with van der Waals surface area (Å²) in [4.78, 5) is 43.6. The number of carbonyl (C=O) groups is 4. The zero-order valence-electron chi connectivity index (χ0n) is 19.9. The van der Waals surface area contributed by atoms with Gasteiger partial charge in [0.05, 0.1) is 58.3 Å². The molecule has 0 atom stereocenters. The van der Waals surface area contributed by atoms with Gasteiger partial charge in [0.15, 0.2) is 0 Å². The SMILES string of the molecule is CC(=O)OCCOCC(COCCOC(C)=O)(COCCOC(C)=O)COCCOC(C)=O. The summed E-state index contributed by atoms with van der Waals surface area (Å²) in [5, 5.41) is 0. The van der Waals surface area contributed by atoms with Crippen LogP contribution in [0.15, 0.2) is 0 Å². The Labute approximate surface area is 194 Å². The number of esters is 4. The molecule has 0 spiro atoms. The Morgan fingerprint density at radius 1 is 0.424 bits per heavy atom. The molecule has 0 unspecified atom stereocenters. The van der Waals surface area contributed by atoms with Gasteiger partial charge < -0.3 is 37.9 Å². The summed E-state index contributed by atoms with van der Waals surface area (Å²) < 4.78 is 42.1. The molecule has 192 valence electrons. The van der Waals surface area contributed by atoms with Crippen LogP contribution in [0.2, 0.25) is 0 Å². The molecule has 0 saturated carbocycles. The van der Waals surface area contributed by atoms with Crippen LogP contribution in [0.4, 0.5) is 0 Å². The van der Waals surface area contributed by atoms with E-state index in [4.69, 9.17) is 37.9 Å². The van der Waals surface area contributed by atoms with Crippen molar-refractivity contribution in [2.75, 3.05) is 79.3 Å². The van der Waals surface area contributed by atoms with Gasteiger partial charge in [-0.2, -0.15) is 0 Å². The van der Waals surface area contributed by atoms with Crippen molar-refractivity contribution in [2.24, 2.45) is 5.41 Å². The lowest BCUT2D eigenvalue weighted by Crippen LogP contribution is -2.43. The normalized spacial score (nSPS) is 11.0. The molecule has 0 bridgehead atoms. The molecule has 0 fully saturated rings. The maximum Gasteiger partial charge on any atom is 0.302 e. The van der Waals surface area contributed by atoms with Crippen LogP contribution in [0.5, 0.6) is 0 Å². The highest BCUT2D eigenvalue weighted by atomic mass is 16.6. The molecule has 12 nitrogen and oxygen atoms in total. The van der Waals surface area contributed by atoms with E-state index in [0.717, 1.165) is 0 Å². The molecule has 0 amide bonds. The summed E-state index contributed by atoms with van der Waals surface area (Å²) in [5.74, 6) is -1.66. The maximum absolute atomic E-state index is 10.9. The summed E-state index contributed by atoms with van der Waals surface area (Å²) in [7, 11) is 0. The Hall–Kier alpha value is -2.28. The second-order valence-corrected chi connectivity index (χ2v) is 7.07. The largest absolute Gasteiger partial charge is 0.463 e. The third kappa shape index (κ3) is 20.1. The Kier molecular flexibility index (Phi) is 17.9. The molecule has 0 aromatic heterocycles. The quantitative estimate of drug-likeness (QED) is 0.134. The van der Waals surface area contributed by atoms with Gasteiger partial charge in [-0.3, -0.25) is 19.2 Å². The first-order valence-electron chi connectivity index (χ1n) is 10.5. The van der Waals surface area contributed by atoms with Gasteiger partial charge in [0.2, 0.25) is 0 Å². The van der Waals surface area contributed by atoms with E-state index in [1.807, 2.05) is 0 Å². The van der Waals surface area contributed by atoms with E-state index in [1.54, 1.807) is 0 Å². The Morgan fingerprint density at radius 3 is 0.818 bits per heavy atom. The molecule has 0 aliphatic heterocycles. The molecule has 0 radical (unpaired) electrons. The van der Waals surface area contributed by atoms with Gasteiger partial charge in [0, 0.05) is 27.7 Å². The molecule has 0 rings (SSSR count). The third-order valence-electron chi connectivity index (χ3n) is 3.76. The van der Waals surface area contributed by atoms with Crippen LogP contribution in [0.25, 0.3) is 0 Å². The van der Waals surface area contributed by atoms with Crippen molar-refractivity contribution in [1.82, 2.24) is 0 Å². The summed E-state index contributed by atoms with van der Waals surface area (Å²) in [6.07, 6.45) is 0. The van der Waals surface area contributed by atoms with Crippen molar-refractivity contribution in [3.05, 3.63) is 0 Å². The van der Waals surface area contributed by atoms with Crippen LogP contribution < -0.4 is 0 Å². The highest BCUT2D eigenvalue weighted by Gasteiger charge is 2.32. The highest BCUT2D eigenvalue weighted by Crippen LogP contribution is 2.21. The number of ether oxygens (including phenoxy) is 8. The minimum Gasteiger partial charge on any atom is -0.463 e. The van der Waals surface area contributed by atoms with E-state index in [9.17, 15) is 19.2 Å². The van der Waals surface area contributed by atoms with Crippen LogP contribution in [0, 0.1) is 5.41 Å². The smallest absolute Gasteiger partial charge is 0.302 e. The minimum absolute atomic E-state index is 0.0827. The number of carbonyl (C=O) groups excluding carboxylic acids is 4. The van der Waals surface area contributed by atoms with E-state index in [0.29, 0.717) is 0 Å². The van der Waals surface area contributed by atoms with Gasteiger partial charge >= 0.3 is 23.9 Å². The zero-order valence-corrected chi connectivity index (χ0v) is 19.9. The van der Waals surface area contributed by atoms with Crippen molar-refractivity contribution in [3.63, 3.8) is 0 Å². The van der Waals surface area contributed by atoms with Gasteiger partial charge in [0.1, 0.15) is 26.4 Å². The zero-order chi connectivity index (χ0) is 25.0. The molecular weight excluding hydrogens is 444 g/mol. The van der Waals surface area contributed by atoms with E-state index < -0.39 is 29.3 Å². The summed E-state index contributed by atoms with van der Waals surface area (Å²) in [6.45, 7) is 6.64. The number of hydrogen-bond acceptors (Lipinski definition) is 12. The Bertz CT molecular complexity index is 476. The van der Waals surface area contributed by atoms with Crippen molar-refractivity contribution in [1.29, 1.82) is 0 Å². The van der Waals surface area contributed by atoms with Crippen LogP contribution in [0.3, 0.4) is 0 Å². The number of hydrogen-bond donors (Lipinski definition) is 0. The van der Waals surface area contributed by atoms with E-state index >= 15 is 0 Å². The summed E-state index contributed by atoms with van der Waals surface area (Å²) >= 11 is 0. The first-order chi connectivity index (χ1) is 15.7. The molecule has 0 N–H and O–H groups in total. The molecule has 0 heterocycles. The van der Waals surface area contributed by atoms with Crippen molar-refractivity contribution < 1.29 is 57.1 Å². The first kappa shape index (κ1) is 30.7. The van der Waals surface area contributed by atoms with Crippen LogP contribution in [0.1, 0.15) is 27.7 Å². The van der Waals surface area contributed by atoms with Crippen molar-refractivity contribution >= 4 is 23.9 Å². The lowest BCUT2D eigenvalue weighted by molar-refractivity contribution is -0.149. The van der Waals surface area contributed by atoms with Crippen LogP contribution in [-0.4, -0.2) is 103 Å². The van der Waals surface area contributed by atoms with Gasteiger partial charge in [-0.05, 0) is 0 Å². The minimum atomic E-state index is -0.793. The molecule has 0 aliphatic carbocycles. The van der Waals surface area contributed by atoms with E-state index in [-0.39, 0.29) is 79.3 Å². The second-order valence-electron chi connectivity index (χ2n) is 7.07. The predicted octanol–water partition coefficient (Wildman–Crippen LogP) is 0.292. The lowest BCUT2D eigenvalue weighted by Gasteiger charge is -2.33. The third-order valence-corrected chi connectivity index (χ3v) is 3.76. The molecule has 12 heteroatoms. The maximum atomic E-state index is 10.9. The van der Waals surface area contributed by atoms with Crippen LogP contribution in [-0.2, 0) is 57.1 Å². The average molecular weight is 481 g/mol. The Morgan fingerprint density at radius 2 is 0.636 bits per heavy atom. The van der Waals surface area contributed by atoms with E-state index in [1.165, 1.54) is 27.7 Å². The molecule has 0 aromatic rings. The predicted molar refractivity (Wildman–Crippen MR) is 112 cm³/mol. The average Bonchev–Trinajstić information content (AvgIpc) is 2.71. The van der Waals surface area contributed by atoms with Crippen LogP contribution >= 0.6 is 0 Å². The molecule has 0 aromatic carbocycles. The lowest BCUT2D eigenvalue weighted by atomic mass is 9.92. The van der Waals surface area contributed by atoms with Gasteiger partial charge in [-0.25, -0.2) is 0 Å². The fourth-order valence-corrected chi connectivity index (χ4v) is 2.38. The van der Waals surface area contributed by atoms with Crippen molar-refractivity contribution in [3.8, 4) is 0 Å².